The number of rotatable bonds is 62. The fourth-order valence-electron chi connectivity index (χ4n) is 10.4. The van der Waals surface area contributed by atoms with Gasteiger partial charge in [-0.3, -0.25) is 9.59 Å². The van der Waals surface area contributed by atoms with E-state index in [1.165, 1.54) is 302 Å². The summed E-state index contributed by atoms with van der Waals surface area (Å²) < 4.78 is 5.48. The molecule has 0 fully saturated rings. The van der Waals surface area contributed by atoms with Crippen LogP contribution in [0.2, 0.25) is 0 Å². The first-order valence-electron chi connectivity index (χ1n) is 33.1. The minimum absolute atomic E-state index is 0.0141. The van der Waals surface area contributed by atoms with E-state index in [2.05, 4.69) is 31.3 Å². The Morgan fingerprint density at radius 3 is 0.973 bits per heavy atom. The fourth-order valence-corrected chi connectivity index (χ4v) is 10.4. The first-order chi connectivity index (χ1) is 36.0. The van der Waals surface area contributed by atoms with Gasteiger partial charge in [-0.25, -0.2) is 0 Å². The average molecular weight is 1030 g/mol. The fraction of sp³-hybridized carbons (Fsp3) is 0.910. The molecule has 0 aromatic heterocycles. The second-order valence-corrected chi connectivity index (χ2v) is 22.8. The van der Waals surface area contributed by atoms with Gasteiger partial charge in [0.05, 0.1) is 25.4 Å². The molecule has 3 N–H and O–H groups in total. The topological polar surface area (TPSA) is 95.9 Å². The van der Waals surface area contributed by atoms with Gasteiger partial charge in [0.25, 0.3) is 0 Å². The van der Waals surface area contributed by atoms with E-state index in [0.29, 0.717) is 19.4 Å². The molecule has 0 saturated heterocycles. The molecule has 0 aromatic rings. The van der Waals surface area contributed by atoms with Crippen LogP contribution in [0.3, 0.4) is 0 Å². The zero-order chi connectivity index (χ0) is 52.9. The van der Waals surface area contributed by atoms with E-state index in [0.717, 1.165) is 38.5 Å². The van der Waals surface area contributed by atoms with Gasteiger partial charge < -0.3 is 20.3 Å². The lowest BCUT2D eigenvalue weighted by molar-refractivity contribution is -0.143. The average Bonchev–Trinajstić information content (AvgIpc) is 3.39. The van der Waals surface area contributed by atoms with Gasteiger partial charge in [0.1, 0.15) is 0 Å². The van der Waals surface area contributed by atoms with Crippen LogP contribution in [0.1, 0.15) is 367 Å². The van der Waals surface area contributed by atoms with Crippen molar-refractivity contribution in [1.29, 1.82) is 0 Å². The first kappa shape index (κ1) is 71.3. The highest BCUT2D eigenvalue weighted by Crippen LogP contribution is 2.18. The van der Waals surface area contributed by atoms with Crippen molar-refractivity contribution < 1.29 is 24.5 Å². The number of aliphatic hydroxyl groups is 2. The number of allylic oxidation sites excluding steroid dienone is 3. The summed E-state index contributed by atoms with van der Waals surface area (Å²) in [5, 5.41) is 23.2. The Hall–Kier alpha value is -1.66. The molecule has 2 unspecified atom stereocenters. The maximum atomic E-state index is 12.5. The van der Waals surface area contributed by atoms with Gasteiger partial charge in [0, 0.05) is 12.8 Å². The monoisotopic (exact) mass is 1030 g/mol. The molecule has 6 heteroatoms. The lowest BCUT2D eigenvalue weighted by atomic mass is 10.0. The van der Waals surface area contributed by atoms with Gasteiger partial charge in [-0.2, -0.15) is 0 Å². The molecule has 0 aliphatic rings. The third-order valence-corrected chi connectivity index (χ3v) is 15.5. The Balaban J connectivity index is 3.43. The molecule has 73 heavy (non-hydrogen) atoms. The summed E-state index contributed by atoms with van der Waals surface area (Å²) in [6.45, 7) is 4.93. The smallest absolute Gasteiger partial charge is 0.305 e. The number of hydrogen-bond acceptors (Lipinski definition) is 5. The summed E-state index contributed by atoms with van der Waals surface area (Å²) in [5.41, 5.74) is 0. The van der Waals surface area contributed by atoms with E-state index < -0.39 is 12.1 Å². The largest absolute Gasteiger partial charge is 0.466 e. The molecule has 0 aliphatic carbocycles. The summed E-state index contributed by atoms with van der Waals surface area (Å²) in [5.74, 6) is -0.0552. The predicted octanol–water partition coefficient (Wildman–Crippen LogP) is 21.0. The summed E-state index contributed by atoms with van der Waals surface area (Å²) in [7, 11) is 0. The van der Waals surface area contributed by atoms with Crippen molar-refractivity contribution in [2.45, 2.75) is 379 Å². The van der Waals surface area contributed by atoms with E-state index >= 15 is 0 Å². The maximum absolute atomic E-state index is 12.5. The zero-order valence-corrected chi connectivity index (χ0v) is 49.4. The third kappa shape index (κ3) is 59.4. The normalized spacial score (nSPS) is 12.7. The van der Waals surface area contributed by atoms with Crippen LogP contribution in [0, 0.1) is 0 Å². The van der Waals surface area contributed by atoms with Gasteiger partial charge >= 0.3 is 5.97 Å². The number of amides is 1. The minimum Gasteiger partial charge on any atom is -0.466 e. The van der Waals surface area contributed by atoms with Crippen LogP contribution in [0.15, 0.2) is 24.3 Å². The molecule has 432 valence electrons. The van der Waals surface area contributed by atoms with Crippen LogP contribution in [0.25, 0.3) is 0 Å². The first-order valence-corrected chi connectivity index (χ1v) is 33.1. The van der Waals surface area contributed by atoms with Crippen LogP contribution in [0.5, 0.6) is 0 Å². The summed E-state index contributed by atoms with van der Waals surface area (Å²) in [6, 6.07) is -0.631. The van der Waals surface area contributed by atoms with E-state index in [1.807, 2.05) is 6.08 Å². The van der Waals surface area contributed by atoms with Gasteiger partial charge in [-0.05, 0) is 57.8 Å². The summed E-state index contributed by atoms with van der Waals surface area (Å²) >= 11 is 0. The number of ether oxygens (including phenoxy) is 1. The third-order valence-electron chi connectivity index (χ3n) is 15.5. The molecule has 0 radical (unpaired) electrons. The number of nitrogens with one attached hydrogen (secondary N) is 1. The van der Waals surface area contributed by atoms with Crippen molar-refractivity contribution in [2.24, 2.45) is 0 Å². The number of esters is 1. The molecule has 0 heterocycles. The maximum Gasteiger partial charge on any atom is 0.305 e. The van der Waals surface area contributed by atoms with Gasteiger partial charge in [0.2, 0.25) is 5.91 Å². The Kier molecular flexibility index (Phi) is 61.4. The van der Waals surface area contributed by atoms with Crippen LogP contribution in [-0.4, -0.2) is 47.4 Å². The molecule has 2 atom stereocenters. The zero-order valence-electron chi connectivity index (χ0n) is 49.4. The Morgan fingerprint density at radius 1 is 0.370 bits per heavy atom. The highest BCUT2D eigenvalue weighted by Gasteiger charge is 2.18. The highest BCUT2D eigenvalue weighted by molar-refractivity contribution is 5.76. The highest BCUT2D eigenvalue weighted by atomic mass is 16.5. The van der Waals surface area contributed by atoms with Gasteiger partial charge in [-0.15, -0.1) is 0 Å². The quantitative estimate of drug-likeness (QED) is 0.0320. The van der Waals surface area contributed by atoms with Crippen molar-refractivity contribution in [3.8, 4) is 0 Å². The van der Waals surface area contributed by atoms with E-state index in [9.17, 15) is 19.8 Å². The van der Waals surface area contributed by atoms with Crippen molar-refractivity contribution >= 4 is 11.9 Å². The number of unbranched alkanes of at least 4 members (excludes halogenated alkanes) is 49. The molecular weight excluding hydrogens is 899 g/mol. The van der Waals surface area contributed by atoms with E-state index in [4.69, 9.17) is 4.74 Å². The number of carbonyl (C=O) groups excluding carboxylic acids is 2. The SMILES string of the molecule is CCCCCCCCCCCCCCCCCCC/C=C/C(O)C(CO)NC(=O)CCCCCCCCCC/C=C\CCCCCCCCCCCCCCOC(=O)CCCCCCCCCCCCCCC. The second-order valence-electron chi connectivity index (χ2n) is 22.8. The summed E-state index contributed by atoms with van der Waals surface area (Å²) in [6.07, 6.45) is 78.0. The van der Waals surface area contributed by atoms with Gasteiger partial charge in [-0.1, -0.05) is 321 Å². The molecule has 0 bridgehead atoms. The van der Waals surface area contributed by atoms with Crippen LogP contribution >= 0.6 is 0 Å². The van der Waals surface area contributed by atoms with Crippen molar-refractivity contribution in [3.63, 3.8) is 0 Å². The second kappa shape index (κ2) is 62.9. The number of hydrogen-bond donors (Lipinski definition) is 3. The Bertz CT molecular complexity index is 1140. The van der Waals surface area contributed by atoms with Crippen molar-refractivity contribution in [2.75, 3.05) is 13.2 Å². The van der Waals surface area contributed by atoms with E-state index in [-0.39, 0.29) is 18.5 Å². The van der Waals surface area contributed by atoms with Gasteiger partial charge in [0.15, 0.2) is 0 Å². The predicted molar refractivity (Wildman–Crippen MR) is 320 cm³/mol. The van der Waals surface area contributed by atoms with Crippen molar-refractivity contribution in [1.82, 2.24) is 5.32 Å². The molecule has 0 spiro atoms. The van der Waals surface area contributed by atoms with Crippen LogP contribution < -0.4 is 5.32 Å². The molecule has 0 aromatic carbocycles. The number of carbonyl (C=O) groups is 2. The summed E-state index contributed by atoms with van der Waals surface area (Å²) in [4.78, 5) is 24.5. The molecule has 6 nitrogen and oxygen atoms in total. The lowest BCUT2D eigenvalue weighted by Gasteiger charge is -2.20. The molecule has 0 rings (SSSR count). The Morgan fingerprint density at radius 2 is 0.644 bits per heavy atom. The van der Waals surface area contributed by atoms with Crippen LogP contribution in [0.4, 0.5) is 0 Å². The Labute approximate surface area is 456 Å². The van der Waals surface area contributed by atoms with Crippen LogP contribution in [-0.2, 0) is 14.3 Å². The van der Waals surface area contributed by atoms with Crippen molar-refractivity contribution in [3.05, 3.63) is 24.3 Å². The van der Waals surface area contributed by atoms with E-state index in [1.54, 1.807) is 6.08 Å². The molecule has 0 saturated carbocycles. The number of aliphatic hydroxyl groups excluding tert-OH is 2. The molecular formula is C67H129NO5. The minimum atomic E-state index is -0.848. The lowest BCUT2D eigenvalue weighted by Crippen LogP contribution is -2.45. The molecule has 0 aliphatic heterocycles. The standard InChI is InChI=1S/C67H129NO5/c1-3-5-7-9-11-13-15-17-18-19-26-29-32-36-39-43-47-51-55-59-65(70)64(63-69)68-66(71)60-56-52-48-44-40-37-33-30-27-24-22-20-21-23-25-28-31-34-38-42-46-50-54-58-62-73-67(72)61-57-53-49-45-41-35-16-14-12-10-8-6-4-2/h22,24,55,59,64-65,69-70H,3-21,23,25-54,56-58,60-63H2,1-2H3,(H,68,71)/b24-22-,59-55+. The molecule has 1 amide bonds.